The summed E-state index contributed by atoms with van der Waals surface area (Å²) in [6.07, 6.45) is 3.97. The molecule has 6 heteroatoms. The topological polar surface area (TPSA) is 75.2 Å². The van der Waals surface area contributed by atoms with Crippen LogP contribution in [0.1, 0.15) is 32.0 Å². The van der Waals surface area contributed by atoms with Crippen molar-refractivity contribution >= 4 is 34.1 Å². The Kier molecular flexibility index (Phi) is 4.67. The van der Waals surface area contributed by atoms with E-state index >= 15 is 0 Å². The third kappa shape index (κ3) is 3.53. The summed E-state index contributed by atoms with van der Waals surface area (Å²) in [5, 5.41) is 3.90. The number of anilines is 2. The van der Waals surface area contributed by atoms with Gasteiger partial charge in [-0.25, -0.2) is 0 Å². The summed E-state index contributed by atoms with van der Waals surface area (Å²) >= 11 is 0. The zero-order chi connectivity index (χ0) is 21.4. The Bertz CT molecular complexity index is 1320. The van der Waals surface area contributed by atoms with E-state index in [1.165, 1.54) is 0 Å². The minimum atomic E-state index is -0.197. The van der Waals surface area contributed by atoms with Crippen LogP contribution in [0.25, 0.3) is 10.9 Å². The maximum atomic E-state index is 12.9. The second-order valence-corrected chi connectivity index (χ2v) is 7.56. The molecule has 3 heterocycles. The van der Waals surface area contributed by atoms with E-state index in [4.69, 9.17) is 0 Å². The molecule has 0 radical (unpaired) electrons. The van der Waals surface area contributed by atoms with Crippen molar-refractivity contribution in [3.05, 3.63) is 95.4 Å². The van der Waals surface area contributed by atoms with E-state index in [1.54, 1.807) is 29.4 Å². The predicted molar refractivity (Wildman–Crippen MR) is 120 cm³/mol. The molecule has 0 saturated carbocycles. The number of aromatic nitrogens is 2. The molecule has 0 atom stereocenters. The van der Waals surface area contributed by atoms with Gasteiger partial charge in [-0.2, -0.15) is 0 Å². The van der Waals surface area contributed by atoms with Crippen LogP contribution in [0.3, 0.4) is 0 Å². The van der Waals surface area contributed by atoms with Crippen molar-refractivity contribution in [1.82, 2.24) is 9.97 Å². The Morgan fingerprint density at radius 1 is 1.03 bits per heavy atom. The van der Waals surface area contributed by atoms with Gasteiger partial charge in [0.25, 0.3) is 11.8 Å². The van der Waals surface area contributed by atoms with Crippen molar-refractivity contribution in [2.45, 2.75) is 13.3 Å². The molecule has 0 saturated heterocycles. The first-order chi connectivity index (χ1) is 15.1. The monoisotopic (exact) mass is 408 g/mol. The first-order valence-electron chi connectivity index (χ1n) is 10.1. The lowest BCUT2D eigenvalue weighted by atomic mass is 10.1. The van der Waals surface area contributed by atoms with Gasteiger partial charge in [0.1, 0.15) is 0 Å². The molecule has 31 heavy (non-hydrogen) atoms. The summed E-state index contributed by atoms with van der Waals surface area (Å²) in [6, 6.07) is 18.8. The van der Waals surface area contributed by atoms with Crippen LogP contribution < -0.4 is 10.2 Å². The zero-order valence-electron chi connectivity index (χ0n) is 17.0. The van der Waals surface area contributed by atoms with Crippen molar-refractivity contribution in [2.75, 3.05) is 16.8 Å². The standard InChI is InChI=1S/C25H20N4O2/c1-16-21(14-17-5-2-3-7-22(17)27-16)24(30)28-20-8-9-23-18(13-20)10-12-29(23)25(31)19-6-4-11-26-15-19/h2-9,11,13-15H,10,12H2,1H3,(H,28,30). The number of nitrogens with one attached hydrogen (secondary N) is 1. The average Bonchev–Trinajstić information content (AvgIpc) is 3.22. The molecule has 152 valence electrons. The molecule has 0 bridgehead atoms. The van der Waals surface area contributed by atoms with Crippen molar-refractivity contribution in [1.29, 1.82) is 0 Å². The number of pyridine rings is 2. The summed E-state index contributed by atoms with van der Waals surface area (Å²) in [4.78, 5) is 36.1. The molecule has 4 aromatic rings. The zero-order valence-corrected chi connectivity index (χ0v) is 17.0. The van der Waals surface area contributed by atoms with E-state index in [9.17, 15) is 9.59 Å². The number of hydrogen-bond donors (Lipinski definition) is 1. The van der Waals surface area contributed by atoms with Gasteiger partial charge in [0.15, 0.2) is 0 Å². The number of carbonyl (C=O) groups excluding carboxylic acids is 2. The van der Waals surface area contributed by atoms with Crippen LogP contribution in [0.15, 0.2) is 73.1 Å². The SMILES string of the molecule is Cc1nc2ccccc2cc1C(=O)Nc1ccc2c(c1)CCN2C(=O)c1cccnc1. The molecule has 1 N–H and O–H groups in total. The number of rotatable bonds is 3. The van der Waals surface area contributed by atoms with E-state index in [-0.39, 0.29) is 11.8 Å². The Morgan fingerprint density at radius 3 is 2.74 bits per heavy atom. The van der Waals surface area contributed by atoms with Crippen molar-refractivity contribution in [3.8, 4) is 0 Å². The van der Waals surface area contributed by atoms with Crippen molar-refractivity contribution < 1.29 is 9.59 Å². The van der Waals surface area contributed by atoms with E-state index in [0.717, 1.165) is 28.6 Å². The maximum Gasteiger partial charge on any atom is 0.259 e. The smallest absolute Gasteiger partial charge is 0.259 e. The van der Waals surface area contributed by atoms with Crippen LogP contribution in [-0.4, -0.2) is 28.3 Å². The van der Waals surface area contributed by atoms with Crippen molar-refractivity contribution in [2.24, 2.45) is 0 Å². The molecule has 1 aliphatic heterocycles. The van der Waals surface area contributed by atoms with Crippen molar-refractivity contribution in [3.63, 3.8) is 0 Å². The number of aryl methyl sites for hydroxylation is 1. The normalized spacial score (nSPS) is 12.6. The van der Waals surface area contributed by atoms with Crippen LogP contribution in [0.5, 0.6) is 0 Å². The lowest BCUT2D eigenvalue weighted by molar-refractivity contribution is 0.0987. The minimum absolute atomic E-state index is 0.0681. The van der Waals surface area contributed by atoms with E-state index in [2.05, 4.69) is 15.3 Å². The molecule has 0 aliphatic carbocycles. The first-order valence-corrected chi connectivity index (χ1v) is 10.1. The lowest BCUT2D eigenvalue weighted by Crippen LogP contribution is -2.28. The second kappa shape index (κ2) is 7.65. The Labute approximate surface area is 179 Å². The highest BCUT2D eigenvalue weighted by Gasteiger charge is 2.26. The first kappa shape index (κ1) is 18.9. The summed E-state index contributed by atoms with van der Waals surface area (Å²) < 4.78 is 0. The van der Waals surface area contributed by atoms with Gasteiger partial charge >= 0.3 is 0 Å². The number of benzene rings is 2. The van der Waals surface area contributed by atoms with Crippen LogP contribution >= 0.6 is 0 Å². The van der Waals surface area contributed by atoms with E-state index < -0.39 is 0 Å². The summed E-state index contributed by atoms with van der Waals surface area (Å²) in [6.45, 7) is 2.44. The van der Waals surface area contributed by atoms with Crippen LogP contribution in [0.2, 0.25) is 0 Å². The van der Waals surface area contributed by atoms with Gasteiger partial charge in [-0.05, 0) is 61.4 Å². The maximum absolute atomic E-state index is 12.9. The molecule has 2 aromatic carbocycles. The summed E-state index contributed by atoms with van der Waals surface area (Å²) in [5.41, 5.74) is 5.27. The molecule has 6 nitrogen and oxygen atoms in total. The van der Waals surface area contributed by atoms with Crippen LogP contribution in [0.4, 0.5) is 11.4 Å². The van der Waals surface area contributed by atoms with Gasteiger partial charge in [0.05, 0.1) is 22.3 Å². The van der Waals surface area contributed by atoms with Gasteiger partial charge in [-0.3, -0.25) is 19.6 Å². The Morgan fingerprint density at radius 2 is 1.90 bits per heavy atom. The number of carbonyl (C=O) groups is 2. The van der Waals surface area contributed by atoms with E-state index in [1.807, 2.05) is 55.5 Å². The largest absolute Gasteiger partial charge is 0.322 e. The van der Waals surface area contributed by atoms with Gasteiger partial charge in [-0.1, -0.05) is 18.2 Å². The molecule has 5 rings (SSSR count). The Hall–Kier alpha value is -4.06. The van der Waals surface area contributed by atoms with Gasteiger partial charge in [0, 0.05) is 35.7 Å². The molecular weight excluding hydrogens is 388 g/mol. The third-order valence-electron chi connectivity index (χ3n) is 5.55. The minimum Gasteiger partial charge on any atom is -0.322 e. The second-order valence-electron chi connectivity index (χ2n) is 7.56. The molecule has 1 aliphatic rings. The summed E-state index contributed by atoms with van der Waals surface area (Å²) in [7, 11) is 0. The molecule has 2 amide bonds. The molecular formula is C25H20N4O2. The van der Waals surface area contributed by atoms with Crippen LogP contribution in [-0.2, 0) is 6.42 Å². The molecule has 0 spiro atoms. The van der Waals surface area contributed by atoms with Gasteiger partial charge < -0.3 is 10.2 Å². The molecule has 2 aromatic heterocycles. The number of hydrogen-bond acceptors (Lipinski definition) is 4. The summed E-state index contributed by atoms with van der Waals surface area (Å²) in [5.74, 6) is -0.265. The number of para-hydroxylation sites is 1. The third-order valence-corrected chi connectivity index (χ3v) is 5.55. The number of nitrogens with zero attached hydrogens (tertiary/aromatic N) is 3. The average molecular weight is 408 g/mol. The quantitative estimate of drug-likeness (QED) is 0.545. The predicted octanol–water partition coefficient (Wildman–Crippen LogP) is 4.39. The Balaban J connectivity index is 1.38. The molecule has 0 fully saturated rings. The highest BCUT2D eigenvalue weighted by atomic mass is 16.2. The lowest BCUT2D eigenvalue weighted by Gasteiger charge is -2.17. The van der Waals surface area contributed by atoms with Crippen LogP contribution in [0, 0.1) is 6.92 Å². The fourth-order valence-corrected chi connectivity index (χ4v) is 3.98. The highest BCUT2D eigenvalue weighted by molar-refractivity contribution is 6.08. The van der Waals surface area contributed by atoms with Gasteiger partial charge in [-0.15, -0.1) is 0 Å². The number of fused-ring (bicyclic) bond motifs is 2. The van der Waals surface area contributed by atoms with E-state index in [0.29, 0.717) is 29.1 Å². The highest BCUT2D eigenvalue weighted by Crippen LogP contribution is 2.32. The fraction of sp³-hybridized carbons (Fsp3) is 0.120. The van der Waals surface area contributed by atoms with Gasteiger partial charge in [0.2, 0.25) is 0 Å². The number of amides is 2. The fourth-order valence-electron chi connectivity index (χ4n) is 3.98. The molecule has 0 unspecified atom stereocenters.